The molecule has 1 aliphatic heterocycles. The lowest BCUT2D eigenvalue weighted by Gasteiger charge is -2.43. The minimum atomic E-state index is -1.19. The summed E-state index contributed by atoms with van der Waals surface area (Å²) in [6, 6.07) is 24.5. The molecule has 0 radical (unpaired) electrons. The van der Waals surface area contributed by atoms with Crippen LogP contribution in [0.15, 0.2) is 78.9 Å². The van der Waals surface area contributed by atoms with Crippen molar-refractivity contribution in [1.29, 1.82) is 0 Å². The van der Waals surface area contributed by atoms with Crippen molar-refractivity contribution in [2.75, 3.05) is 27.3 Å². The van der Waals surface area contributed by atoms with Gasteiger partial charge in [0.05, 0.1) is 45.1 Å². The summed E-state index contributed by atoms with van der Waals surface area (Å²) in [5.41, 5.74) is 1.17. The van der Waals surface area contributed by atoms with Gasteiger partial charge in [-0.25, -0.2) is 0 Å². The van der Waals surface area contributed by atoms with Gasteiger partial charge in [-0.2, -0.15) is 0 Å². The van der Waals surface area contributed by atoms with Crippen molar-refractivity contribution in [3.63, 3.8) is 0 Å². The molecule has 0 aromatic heterocycles. The Morgan fingerprint density at radius 2 is 1.35 bits per heavy atom. The predicted molar refractivity (Wildman–Crippen MR) is 160 cm³/mol. The van der Waals surface area contributed by atoms with Gasteiger partial charge in [0.1, 0.15) is 17.6 Å². The van der Waals surface area contributed by atoms with Crippen LogP contribution in [0.2, 0.25) is 0 Å². The van der Waals surface area contributed by atoms with E-state index in [0.717, 1.165) is 16.7 Å². The van der Waals surface area contributed by atoms with Crippen molar-refractivity contribution in [3.8, 4) is 11.5 Å². The Bertz CT molecular complexity index is 1330. The zero-order valence-corrected chi connectivity index (χ0v) is 24.8. The highest BCUT2D eigenvalue weighted by atomic mass is 16.5. The van der Waals surface area contributed by atoms with Crippen molar-refractivity contribution in [1.82, 2.24) is 4.90 Å². The SMILES string of the molecule is CCCC(=O)N1CC(OC(=O)CCC(=O)O)C(C(O)C(c2ccccc2)(c2ccc(OC)cc2)c2ccc(OC)cc2)C1. The minimum Gasteiger partial charge on any atom is -0.497 e. The third-order valence-corrected chi connectivity index (χ3v) is 8.12. The number of benzene rings is 3. The number of esters is 1. The molecule has 0 bridgehead atoms. The number of ether oxygens (including phenoxy) is 3. The standard InChI is InChI=1S/C34H39NO8/c1-4-8-30(36)35-21-28(29(22-35)43-32(39)20-19-31(37)38)33(40)34(23-9-6-5-7-10-23,24-11-15-26(41-2)16-12-24)25-13-17-27(42-3)18-14-25/h5-7,9-18,28-29,33,40H,4,8,19-22H2,1-3H3,(H,37,38). The van der Waals surface area contributed by atoms with Crippen LogP contribution < -0.4 is 9.47 Å². The van der Waals surface area contributed by atoms with Crippen LogP contribution in [0.4, 0.5) is 0 Å². The first-order chi connectivity index (χ1) is 20.7. The fourth-order valence-corrected chi connectivity index (χ4v) is 5.98. The second kappa shape index (κ2) is 14.2. The lowest BCUT2D eigenvalue weighted by Crippen LogP contribution is -2.50. The second-order valence-electron chi connectivity index (χ2n) is 10.7. The first-order valence-electron chi connectivity index (χ1n) is 14.5. The van der Waals surface area contributed by atoms with Crippen molar-refractivity contribution in [3.05, 3.63) is 95.6 Å². The highest BCUT2D eigenvalue weighted by molar-refractivity contribution is 5.78. The summed E-state index contributed by atoms with van der Waals surface area (Å²) in [7, 11) is 3.17. The number of aliphatic hydroxyl groups is 1. The van der Waals surface area contributed by atoms with Crippen LogP contribution in [0, 0.1) is 5.92 Å². The average molecular weight is 590 g/mol. The quantitative estimate of drug-likeness (QED) is 0.222. The summed E-state index contributed by atoms with van der Waals surface area (Å²) >= 11 is 0. The van der Waals surface area contributed by atoms with Crippen molar-refractivity contribution in [2.24, 2.45) is 5.92 Å². The van der Waals surface area contributed by atoms with E-state index in [1.165, 1.54) is 0 Å². The zero-order chi connectivity index (χ0) is 31.0. The van der Waals surface area contributed by atoms with E-state index in [4.69, 9.17) is 19.3 Å². The molecule has 1 saturated heterocycles. The van der Waals surface area contributed by atoms with Crippen LogP contribution in [0.1, 0.15) is 49.3 Å². The summed E-state index contributed by atoms with van der Waals surface area (Å²) in [6.45, 7) is 2.19. The molecule has 1 aliphatic rings. The van der Waals surface area contributed by atoms with E-state index in [9.17, 15) is 19.5 Å². The number of carbonyl (C=O) groups excluding carboxylic acids is 2. The van der Waals surface area contributed by atoms with Gasteiger partial charge < -0.3 is 29.3 Å². The topological polar surface area (TPSA) is 123 Å². The Hall–Kier alpha value is -4.37. The molecule has 3 atom stereocenters. The third-order valence-electron chi connectivity index (χ3n) is 8.12. The van der Waals surface area contributed by atoms with Gasteiger partial charge in [0.25, 0.3) is 0 Å². The molecule has 0 aliphatic carbocycles. The normalized spacial score (nSPS) is 17.3. The number of nitrogens with zero attached hydrogens (tertiary/aromatic N) is 1. The first kappa shape index (κ1) is 31.6. The van der Waals surface area contributed by atoms with Gasteiger partial charge in [0, 0.05) is 18.9 Å². The first-order valence-corrected chi connectivity index (χ1v) is 14.5. The van der Waals surface area contributed by atoms with Gasteiger partial charge in [-0.15, -0.1) is 0 Å². The van der Waals surface area contributed by atoms with Gasteiger partial charge >= 0.3 is 11.9 Å². The molecule has 0 saturated carbocycles. The Morgan fingerprint density at radius 1 is 0.814 bits per heavy atom. The van der Waals surface area contributed by atoms with Crippen molar-refractivity contribution >= 4 is 17.8 Å². The fraction of sp³-hybridized carbons (Fsp3) is 0.382. The maximum Gasteiger partial charge on any atom is 0.306 e. The van der Waals surface area contributed by atoms with Crippen LogP contribution in [-0.4, -0.2) is 72.5 Å². The fourth-order valence-electron chi connectivity index (χ4n) is 5.98. The molecular weight excluding hydrogens is 550 g/mol. The number of rotatable bonds is 13. The van der Waals surface area contributed by atoms with Gasteiger partial charge in [-0.1, -0.05) is 61.5 Å². The van der Waals surface area contributed by atoms with Crippen LogP contribution in [0.5, 0.6) is 11.5 Å². The third kappa shape index (κ3) is 6.83. The van der Waals surface area contributed by atoms with Crippen molar-refractivity contribution in [2.45, 2.75) is 50.2 Å². The van der Waals surface area contributed by atoms with Gasteiger partial charge in [0.15, 0.2) is 0 Å². The number of carboxylic acids is 1. The summed E-state index contributed by atoms with van der Waals surface area (Å²) in [6.07, 6.45) is -1.74. The number of amides is 1. The molecule has 1 fully saturated rings. The summed E-state index contributed by atoms with van der Waals surface area (Å²) in [5, 5.41) is 21.8. The summed E-state index contributed by atoms with van der Waals surface area (Å²) in [5.74, 6) is -1.29. The molecule has 228 valence electrons. The van der Waals surface area contributed by atoms with E-state index >= 15 is 0 Å². The highest BCUT2D eigenvalue weighted by Crippen LogP contribution is 2.47. The number of carbonyl (C=O) groups is 3. The summed E-state index contributed by atoms with van der Waals surface area (Å²) < 4.78 is 16.7. The lowest BCUT2D eigenvalue weighted by molar-refractivity contribution is -0.155. The molecule has 2 N–H and O–H groups in total. The molecule has 1 heterocycles. The van der Waals surface area contributed by atoms with E-state index < -0.39 is 35.5 Å². The Kier molecular flexibility index (Phi) is 10.4. The number of methoxy groups -OCH3 is 2. The zero-order valence-electron chi connectivity index (χ0n) is 24.8. The van der Waals surface area contributed by atoms with Crippen molar-refractivity contribution < 1.29 is 38.8 Å². The molecule has 4 rings (SSSR count). The smallest absolute Gasteiger partial charge is 0.306 e. The van der Waals surface area contributed by atoms with Crippen LogP contribution in [-0.2, 0) is 24.5 Å². The van der Waals surface area contributed by atoms with E-state index in [2.05, 4.69) is 0 Å². The number of hydrogen-bond donors (Lipinski definition) is 2. The van der Waals surface area contributed by atoms with Crippen LogP contribution >= 0.6 is 0 Å². The van der Waals surface area contributed by atoms with Gasteiger partial charge in [0.2, 0.25) is 5.91 Å². The number of likely N-dealkylation sites (tertiary alicyclic amines) is 1. The van der Waals surface area contributed by atoms with E-state index in [1.807, 2.05) is 85.8 Å². The maximum atomic E-state index is 13.1. The molecular formula is C34H39NO8. The number of aliphatic carboxylic acids is 1. The molecule has 3 aromatic carbocycles. The number of carboxylic acid groups (broad SMARTS) is 1. The maximum absolute atomic E-state index is 13.1. The predicted octanol–water partition coefficient (Wildman–Crippen LogP) is 4.43. The Labute approximate surface area is 252 Å². The molecule has 9 nitrogen and oxygen atoms in total. The van der Waals surface area contributed by atoms with Gasteiger partial charge in [-0.05, 0) is 47.4 Å². The van der Waals surface area contributed by atoms with E-state index in [-0.39, 0.29) is 31.8 Å². The largest absolute Gasteiger partial charge is 0.497 e. The average Bonchev–Trinajstić information content (AvgIpc) is 3.45. The van der Waals surface area contributed by atoms with Crippen LogP contribution in [0.3, 0.4) is 0 Å². The number of aliphatic hydroxyl groups excluding tert-OH is 1. The lowest BCUT2D eigenvalue weighted by atomic mass is 9.62. The van der Waals surface area contributed by atoms with E-state index in [0.29, 0.717) is 24.3 Å². The summed E-state index contributed by atoms with van der Waals surface area (Å²) in [4.78, 5) is 38.6. The monoisotopic (exact) mass is 589 g/mol. The Morgan fingerprint density at radius 3 is 1.84 bits per heavy atom. The molecule has 3 unspecified atom stereocenters. The molecule has 43 heavy (non-hydrogen) atoms. The molecule has 0 spiro atoms. The highest BCUT2D eigenvalue weighted by Gasteiger charge is 2.52. The van der Waals surface area contributed by atoms with Crippen LogP contribution in [0.25, 0.3) is 0 Å². The Balaban J connectivity index is 1.89. The van der Waals surface area contributed by atoms with E-state index in [1.54, 1.807) is 19.1 Å². The molecule has 1 amide bonds. The second-order valence-corrected chi connectivity index (χ2v) is 10.7. The number of hydrogen-bond acceptors (Lipinski definition) is 7. The molecule has 3 aromatic rings. The molecule has 9 heteroatoms. The minimum absolute atomic E-state index is 0.0945. The van der Waals surface area contributed by atoms with Gasteiger partial charge in [-0.3, -0.25) is 14.4 Å².